The van der Waals surface area contributed by atoms with Crippen molar-refractivity contribution in [2.24, 2.45) is 4.99 Å². The van der Waals surface area contributed by atoms with E-state index < -0.39 is 0 Å². The first-order valence-corrected chi connectivity index (χ1v) is 9.92. The Morgan fingerprint density at radius 3 is 2.57 bits per heavy atom. The molecular formula is C21H38IN5O. The summed E-state index contributed by atoms with van der Waals surface area (Å²) in [5.74, 6) is 0.832. The summed E-state index contributed by atoms with van der Waals surface area (Å²) in [5.41, 5.74) is 1.21. The maximum absolute atomic E-state index is 5.44. The van der Waals surface area contributed by atoms with E-state index in [4.69, 9.17) is 4.74 Å². The molecule has 0 bridgehead atoms. The fourth-order valence-electron chi connectivity index (χ4n) is 3.29. The largest absolute Gasteiger partial charge is 0.377 e. The first-order chi connectivity index (χ1) is 12.9. The molecule has 1 unspecified atom stereocenters. The lowest BCUT2D eigenvalue weighted by atomic mass is 10.0. The van der Waals surface area contributed by atoms with E-state index in [-0.39, 0.29) is 29.6 Å². The van der Waals surface area contributed by atoms with Gasteiger partial charge in [0, 0.05) is 59.5 Å². The Kier molecular flexibility index (Phi) is 11.3. The summed E-state index contributed by atoms with van der Waals surface area (Å²) in [7, 11) is 5.75. The van der Waals surface area contributed by atoms with Crippen LogP contribution in [0.2, 0.25) is 0 Å². The van der Waals surface area contributed by atoms with Crippen LogP contribution in [-0.2, 0) is 4.74 Å². The van der Waals surface area contributed by atoms with Crippen LogP contribution in [0.15, 0.2) is 35.3 Å². The van der Waals surface area contributed by atoms with Crippen LogP contribution >= 0.6 is 24.0 Å². The van der Waals surface area contributed by atoms with E-state index in [1.807, 2.05) is 0 Å². The van der Waals surface area contributed by atoms with Crippen LogP contribution in [0.25, 0.3) is 0 Å². The summed E-state index contributed by atoms with van der Waals surface area (Å²) in [4.78, 5) is 9.34. The zero-order valence-electron chi connectivity index (χ0n) is 18.1. The van der Waals surface area contributed by atoms with Crippen LogP contribution in [-0.4, -0.2) is 81.8 Å². The van der Waals surface area contributed by atoms with Crippen molar-refractivity contribution in [2.45, 2.75) is 31.9 Å². The average molecular weight is 503 g/mol. The molecule has 1 atom stereocenters. The second-order valence-corrected chi connectivity index (χ2v) is 7.89. The fourth-order valence-corrected chi connectivity index (χ4v) is 3.29. The van der Waals surface area contributed by atoms with Crippen LogP contribution in [0.1, 0.15) is 31.9 Å². The normalized spacial score (nSPS) is 19.2. The lowest BCUT2D eigenvalue weighted by Crippen LogP contribution is -2.48. The number of nitrogens with zero attached hydrogens (tertiary/aromatic N) is 3. The zero-order chi connectivity index (χ0) is 19.7. The Hall–Kier alpha value is -0.900. The third-order valence-corrected chi connectivity index (χ3v) is 5.25. The lowest BCUT2D eigenvalue weighted by Gasteiger charge is -2.40. The number of rotatable bonds is 8. The standard InChI is InChI=1S/C21H37N5O.HI/c1-21(2,27-5)17-24-20(22-3)23-12-9-13-26-15-14-25(4)16-19(26)18-10-7-6-8-11-18;/h6-8,10-11,19H,9,12-17H2,1-5H3,(H2,22,23,24);1H. The molecule has 160 valence electrons. The molecule has 1 aromatic carbocycles. The number of benzene rings is 1. The van der Waals surface area contributed by atoms with Gasteiger partial charge in [0.2, 0.25) is 0 Å². The van der Waals surface area contributed by atoms with E-state index in [9.17, 15) is 0 Å². The van der Waals surface area contributed by atoms with Gasteiger partial charge < -0.3 is 20.3 Å². The van der Waals surface area contributed by atoms with Gasteiger partial charge in [0.25, 0.3) is 0 Å². The minimum atomic E-state index is -0.208. The van der Waals surface area contributed by atoms with Crippen LogP contribution in [0.4, 0.5) is 0 Å². The number of guanidine groups is 1. The summed E-state index contributed by atoms with van der Waals surface area (Å²) in [6.07, 6.45) is 1.08. The Morgan fingerprint density at radius 2 is 1.93 bits per heavy atom. The van der Waals surface area contributed by atoms with Crippen molar-refractivity contribution in [1.29, 1.82) is 0 Å². The first kappa shape index (κ1) is 25.1. The van der Waals surface area contributed by atoms with E-state index in [0.29, 0.717) is 6.04 Å². The summed E-state index contributed by atoms with van der Waals surface area (Å²) < 4.78 is 5.44. The van der Waals surface area contributed by atoms with Crippen molar-refractivity contribution in [2.75, 3.05) is 60.5 Å². The molecule has 0 aromatic heterocycles. The molecule has 1 heterocycles. The molecule has 0 spiro atoms. The van der Waals surface area contributed by atoms with Gasteiger partial charge in [-0.3, -0.25) is 9.89 Å². The molecule has 0 amide bonds. The van der Waals surface area contributed by atoms with Crippen LogP contribution in [0.5, 0.6) is 0 Å². The van der Waals surface area contributed by atoms with E-state index in [0.717, 1.165) is 51.6 Å². The molecule has 0 saturated carbocycles. The Balaban J connectivity index is 0.00000392. The Morgan fingerprint density at radius 1 is 1.21 bits per heavy atom. The Labute approximate surface area is 188 Å². The molecule has 7 heteroatoms. The highest BCUT2D eigenvalue weighted by Crippen LogP contribution is 2.24. The SMILES string of the molecule is CN=C(NCCCN1CCN(C)CC1c1ccccc1)NCC(C)(C)OC.I. The minimum Gasteiger partial charge on any atom is -0.377 e. The molecule has 1 saturated heterocycles. The van der Waals surface area contributed by atoms with Crippen LogP contribution in [0, 0.1) is 0 Å². The smallest absolute Gasteiger partial charge is 0.191 e. The van der Waals surface area contributed by atoms with E-state index in [1.54, 1.807) is 14.2 Å². The number of likely N-dealkylation sites (N-methyl/N-ethyl adjacent to an activating group) is 1. The lowest BCUT2D eigenvalue weighted by molar-refractivity contribution is 0.0268. The van der Waals surface area contributed by atoms with Gasteiger partial charge in [-0.1, -0.05) is 30.3 Å². The number of hydrogen-bond acceptors (Lipinski definition) is 4. The molecule has 2 rings (SSSR count). The quantitative estimate of drug-likeness (QED) is 0.247. The fraction of sp³-hybridized carbons (Fsp3) is 0.667. The van der Waals surface area contributed by atoms with Crippen molar-refractivity contribution < 1.29 is 4.74 Å². The number of piperazine rings is 1. The van der Waals surface area contributed by atoms with Crippen LogP contribution in [0.3, 0.4) is 0 Å². The summed E-state index contributed by atoms with van der Waals surface area (Å²) >= 11 is 0. The van der Waals surface area contributed by atoms with Gasteiger partial charge in [-0.15, -0.1) is 24.0 Å². The molecular weight excluding hydrogens is 465 g/mol. The number of nitrogens with one attached hydrogen (secondary N) is 2. The number of methoxy groups -OCH3 is 1. The molecule has 1 aliphatic rings. The monoisotopic (exact) mass is 503 g/mol. The maximum atomic E-state index is 5.44. The number of hydrogen-bond donors (Lipinski definition) is 2. The van der Waals surface area contributed by atoms with E-state index in [2.05, 4.69) is 76.7 Å². The van der Waals surface area contributed by atoms with E-state index >= 15 is 0 Å². The molecule has 28 heavy (non-hydrogen) atoms. The predicted molar refractivity (Wildman–Crippen MR) is 129 cm³/mol. The van der Waals surface area contributed by atoms with Gasteiger partial charge in [0.1, 0.15) is 0 Å². The van der Waals surface area contributed by atoms with Gasteiger partial charge in [-0.05, 0) is 32.9 Å². The molecule has 0 aliphatic carbocycles. The summed E-state index contributed by atoms with van der Waals surface area (Å²) in [6, 6.07) is 11.3. The molecule has 1 fully saturated rings. The second kappa shape index (κ2) is 12.6. The van der Waals surface area contributed by atoms with Gasteiger partial charge >= 0.3 is 0 Å². The van der Waals surface area contributed by atoms with Crippen molar-refractivity contribution in [1.82, 2.24) is 20.4 Å². The van der Waals surface area contributed by atoms with E-state index in [1.165, 1.54) is 5.56 Å². The Bertz CT molecular complexity index is 581. The van der Waals surface area contributed by atoms with Crippen molar-refractivity contribution in [3.8, 4) is 0 Å². The molecule has 0 radical (unpaired) electrons. The molecule has 1 aliphatic heterocycles. The van der Waals surface area contributed by atoms with Crippen LogP contribution < -0.4 is 10.6 Å². The highest BCUT2D eigenvalue weighted by Gasteiger charge is 2.25. The highest BCUT2D eigenvalue weighted by atomic mass is 127. The van der Waals surface area contributed by atoms with Gasteiger partial charge in [-0.2, -0.15) is 0 Å². The van der Waals surface area contributed by atoms with Crippen molar-refractivity contribution >= 4 is 29.9 Å². The zero-order valence-corrected chi connectivity index (χ0v) is 20.4. The molecule has 1 aromatic rings. The van der Waals surface area contributed by atoms with Crippen molar-refractivity contribution in [3.05, 3.63) is 35.9 Å². The first-order valence-electron chi connectivity index (χ1n) is 9.92. The maximum Gasteiger partial charge on any atom is 0.191 e. The second-order valence-electron chi connectivity index (χ2n) is 7.89. The molecule has 2 N–H and O–H groups in total. The highest BCUT2D eigenvalue weighted by molar-refractivity contribution is 14.0. The summed E-state index contributed by atoms with van der Waals surface area (Å²) in [5, 5.41) is 6.75. The molecule has 6 nitrogen and oxygen atoms in total. The van der Waals surface area contributed by atoms with Crippen molar-refractivity contribution in [3.63, 3.8) is 0 Å². The third kappa shape index (κ3) is 8.23. The minimum absolute atomic E-state index is 0. The summed E-state index contributed by atoms with van der Waals surface area (Å²) in [6.45, 7) is 10.2. The van der Waals surface area contributed by atoms with Gasteiger partial charge in [0.15, 0.2) is 5.96 Å². The number of aliphatic imine (C=N–C) groups is 1. The van der Waals surface area contributed by atoms with Gasteiger partial charge in [0.05, 0.1) is 5.60 Å². The predicted octanol–water partition coefficient (Wildman–Crippen LogP) is 2.57. The topological polar surface area (TPSA) is 52.1 Å². The van der Waals surface area contributed by atoms with Gasteiger partial charge in [-0.25, -0.2) is 0 Å². The average Bonchev–Trinajstić information content (AvgIpc) is 2.69. The number of ether oxygens (including phenoxy) is 1. The third-order valence-electron chi connectivity index (χ3n) is 5.25. The number of halogens is 1.